The van der Waals surface area contributed by atoms with Crippen molar-refractivity contribution in [3.8, 4) is 0 Å². The molecule has 29 heavy (non-hydrogen) atoms. The summed E-state index contributed by atoms with van der Waals surface area (Å²) in [6.07, 6.45) is 3.39. The van der Waals surface area contributed by atoms with E-state index >= 15 is 0 Å². The number of hydrogen-bond acceptors (Lipinski definition) is 8. The maximum absolute atomic E-state index is 13.4. The average Bonchev–Trinajstić information content (AvgIpc) is 2.59. The standard InChI is InChI=1S/C18H27FN6O3S/c1-11(2)7-14(10-26)21-17-22-16(23-18(24-17)25-29(4,27)28)8-12(3)13-5-6-20-15(19)9-13/h5-6,9,11-12,14,26H,7-8,10H2,1-4H3,(H2,21,22,23,24,25)/t12?,14-/m1/s1. The Morgan fingerprint density at radius 2 is 1.86 bits per heavy atom. The molecular formula is C18H27FN6O3S. The molecule has 9 nitrogen and oxygen atoms in total. The minimum absolute atomic E-state index is 0.116. The van der Waals surface area contributed by atoms with Crippen molar-refractivity contribution in [1.29, 1.82) is 0 Å². The summed E-state index contributed by atoms with van der Waals surface area (Å²) in [5, 5.41) is 12.6. The smallest absolute Gasteiger partial charge is 0.241 e. The number of sulfonamides is 1. The van der Waals surface area contributed by atoms with Gasteiger partial charge in [-0.2, -0.15) is 19.3 Å². The van der Waals surface area contributed by atoms with Crippen molar-refractivity contribution in [2.45, 2.75) is 45.6 Å². The van der Waals surface area contributed by atoms with E-state index in [-0.39, 0.29) is 30.5 Å². The van der Waals surface area contributed by atoms with Crippen LogP contribution in [0.5, 0.6) is 0 Å². The molecule has 0 aliphatic heterocycles. The third-order valence-electron chi connectivity index (χ3n) is 4.08. The Balaban J connectivity index is 2.30. The Morgan fingerprint density at radius 1 is 1.17 bits per heavy atom. The fraction of sp³-hybridized carbons (Fsp3) is 0.556. The zero-order valence-corrected chi connectivity index (χ0v) is 17.7. The van der Waals surface area contributed by atoms with Crippen LogP contribution >= 0.6 is 0 Å². The first-order valence-electron chi connectivity index (χ1n) is 9.27. The summed E-state index contributed by atoms with van der Waals surface area (Å²) >= 11 is 0. The van der Waals surface area contributed by atoms with Crippen molar-refractivity contribution >= 4 is 21.9 Å². The van der Waals surface area contributed by atoms with E-state index in [1.807, 2.05) is 20.8 Å². The largest absolute Gasteiger partial charge is 0.394 e. The number of hydrogen-bond donors (Lipinski definition) is 3. The van der Waals surface area contributed by atoms with E-state index in [4.69, 9.17) is 0 Å². The molecule has 0 saturated heterocycles. The summed E-state index contributed by atoms with van der Waals surface area (Å²) in [4.78, 5) is 16.2. The molecule has 0 fully saturated rings. The van der Waals surface area contributed by atoms with Gasteiger partial charge in [0.1, 0.15) is 5.82 Å². The molecule has 1 unspecified atom stereocenters. The first-order chi connectivity index (χ1) is 13.6. The van der Waals surface area contributed by atoms with Gasteiger partial charge in [-0.25, -0.2) is 13.4 Å². The van der Waals surface area contributed by atoms with Gasteiger partial charge in [-0.05, 0) is 36.0 Å². The molecule has 0 aliphatic rings. The molecule has 0 radical (unpaired) electrons. The lowest BCUT2D eigenvalue weighted by molar-refractivity contribution is 0.259. The molecule has 2 aromatic rings. The van der Waals surface area contributed by atoms with E-state index in [0.29, 0.717) is 24.6 Å². The zero-order valence-electron chi connectivity index (χ0n) is 16.9. The number of nitrogens with zero attached hydrogens (tertiary/aromatic N) is 4. The lowest BCUT2D eigenvalue weighted by Crippen LogP contribution is -2.27. The van der Waals surface area contributed by atoms with Crippen molar-refractivity contribution in [3.05, 3.63) is 35.7 Å². The highest BCUT2D eigenvalue weighted by Gasteiger charge is 2.17. The fourth-order valence-corrected chi connectivity index (χ4v) is 3.26. The number of rotatable bonds is 10. The number of halogens is 1. The van der Waals surface area contributed by atoms with Crippen LogP contribution < -0.4 is 10.0 Å². The van der Waals surface area contributed by atoms with Crippen molar-refractivity contribution in [3.63, 3.8) is 0 Å². The van der Waals surface area contributed by atoms with E-state index in [0.717, 1.165) is 11.8 Å². The minimum Gasteiger partial charge on any atom is -0.394 e. The monoisotopic (exact) mass is 426 g/mol. The van der Waals surface area contributed by atoms with Crippen LogP contribution in [0.25, 0.3) is 0 Å². The van der Waals surface area contributed by atoms with Crippen LogP contribution in [-0.4, -0.2) is 52.4 Å². The zero-order chi connectivity index (χ0) is 21.6. The lowest BCUT2D eigenvalue weighted by Gasteiger charge is -2.19. The molecule has 0 amide bonds. The third kappa shape index (κ3) is 7.86. The van der Waals surface area contributed by atoms with Crippen molar-refractivity contribution < 1.29 is 17.9 Å². The van der Waals surface area contributed by atoms with Gasteiger partial charge in [-0.15, -0.1) is 0 Å². The Hall–Kier alpha value is -2.40. The lowest BCUT2D eigenvalue weighted by atomic mass is 9.98. The maximum atomic E-state index is 13.4. The van der Waals surface area contributed by atoms with Crippen LogP contribution in [0.1, 0.15) is 44.5 Å². The van der Waals surface area contributed by atoms with E-state index < -0.39 is 16.0 Å². The molecule has 2 atom stereocenters. The number of nitrogens with one attached hydrogen (secondary N) is 2. The van der Waals surface area contributed by atoms with Crippen molar-refractivity contribution in [2.24, 2.45) is 5.92 Å². The summed E-state index contributed by atoms with van der Waals surface area (Å²) in [5.74, 6) is -0.0107. The van der Waals surface area contributed by atoms with Crippen LogP contribution in [0.4, 0.5) is 16.3 Å². The number of aliphatic hydroxyl groups excluding tert-OH is 1. The first-order valence-corrected chi connectivity index (χ1v) is 11.2. The van der Waals surface area contributed by atoms with Gasteiger partial charge in [-0.1, -0.05) is 20.8 Å². The van der Waals surface area contributed by atoms with Gasteiger partial charge in [-0.3, -0.25) is 4.72 Å². The van der Waals surface area contributed by atoms with Gasteiger partial charge in [0.15, 0.2) is 0 Å². The van der Waals surface area contributed by atoms with Gasteiger partial charge in [0.05, 0.1) is 18.9 Å². The number of aliphatic hydroxyl groups is 1. The molecular weight excluding hydrogens is 399 g/mol. The topological polar surface area (TPSA) is 130 Å². The summed E-state index contributed by atoms with van der Waals surface area (Å²) < 4.78 is 38.9. The van der Waals surface area contributed by atoms with Gasteiger partial charge in [0, 0.05) is 12.6 Å². The molecule has 3 N–H and O–H groups in total. The third-order valence-corrected chi connectivity index (χ3v) is 4.63. The first kappa shape index (κ1) is 22.9. The highest BCUT2D eigenvalue weighted by molar-refractivity contribution is 7.91. The second-order valence-corrected chi connectivity index (χ2v) is 9.19. The highest BCUT2D eigenvalue weighted by Crippen LogP contribution is 2.20. The van der Waals surface area contributed by atoms with E-state index in [1.165, 1.54) is 12.3 Å². The van der Waals surface area contributed by atoms with Crippen LogP contribution in [0, 0.1) is 11.9 Å². The molecule has 2 aromatic heterocycles. The van der Waals surface area contributed by atoms with E-state index in [1.54, 1.807) is 6.07 Å². The predicted octanol–water partition coefficient (Wildman–Crippen LogP) is 1.94. The van der Waals surface area contributed by atoms with E-state index in [9.17, 15) is 17.9 Å². The van der Waals surface area contributed by atoms with E-state index in [2.05, 4.69) is 30.0 Å². The molecule has 0 bridgehead atoms. The molecule has 0 aromatic carbocycles. The minimum atomic E-state index is -3.59. The summed E-state index contributed by atoms with van der Waals surface area (Å²) in [6, 6.07) is 2.75. The van der Waals surface area contributed by atoms with Gasteiger partial charge >= 0.3 is 0 Å². The molecule has 0 saturated carbocycles. The molecule has 0 spiro atoms. The number of anilines is 2. The van der Waals surface area contributed by atoms with Crippen molar-refractivity contribution in [2.75, 3.05) is 22.9 Å². The maximum Gasteiger partial charge on any atom is 0.241 e. The molecule has 0 aliphatic carbocycles. The summed E-state index contributed by atoms with van der Waals surface area (Å²) in [6.45, 7) is 5.80. The Morgan fingerprint density at radius 3 is 2.45 bits per heavy atom. The van der Waals surface area contributed by atoms with Crippen LogP contribution in [0.15, 0.2) is 18.3 Å². The second-order valence-electron chi connectivity index (χ2n) is 7.44. The second kappa shape index (κ2) is 9.88. The highest BCUT2D eigenvalue weighted by atomic mass is 32.2. The SMILES string of the molecule is CC(C)C[C@H](CO)Nc1nc(CC(C)c2ccnc(F)c2)nc(NS(C)(=O)=O)n1. The van der Waals surface area contributed by atoms with Gasteiger partial charge in [0.25, 0.3) is 0 Å². The molecule has 2 rings (SSSR count). The number of pyridine rings is 1. The van der Waals surface area contributed by atoms with Gasteiger partial charge < -0.3 is 10.4 Å². The Labute approximate surface area is 170 Å². The Kier molecular flexibility index (Phi) is 7.80. The average molecular weight is 427 g/mol. The molecule has 160 valence electrons. The normalized spacial score (nSPS) is 13.9. The summed E-state index contributed by atoms with van der Waals surface area (Å²) in [5.41, 5.74) is 0.720. The fourth-order valence-electron chi connectivity index (χ4n) is 2.83. The molecule has 11 heteroatoms. The number of aromatic nitrogens is 4. The van der Waals surface area contributed by atoms with Crippen LogP contribution in [-0.2, 0) is 16.4 Å². The van der Waals surface area contributed by atoms with Crippen molar-refractivity contribution in [1.82, 2.24) is 19.9 Å². The van der Waals surface area contributed by atoms with Crippen LogP contribution in [0.3, 0.4) is 0 Å². The summed E-state index contributed by atoms with van der Waals surface area (Å²) in [7, 11) is -3.59. The quantitative estimate of drug-likeness (QED) is 0.492. The van der Waals surface area contributed by atoms with Crippen LogP contribution in [0.2, 0.25) is 0 Å². The van der Waals surface area contributed by atoms with Gasteiger partial charge in [0.2, 0.25) is 27.9 Å². The Bertz CT molecular complexity index is 926. The molecule has 2 heterocycles. The predicted molar refractivity (Wildman–Crippen MR) is 109 cm³/mol.